The van der Waals surface area contributed by atoms with Crippen molar-refractivity contribution in [2.45, 2.75) is 48.7 Å². The minimum absolute atomic E-state index is 0.142. The summed E-state index contributed by atoms with van der Waals surface area (Å²) in [5.41, 5.74) is 0. The molecule has 4 saturated heterocycles. The standard InChI is InChI=1S/C9H13B10N2O3S/c22-25(23)7-4-2-1-3-6(7)24-8(21-25)20-9-5-19(11-9)18-17-16-15-14-13-12-10-9/h6-7H,1-5H2,(H,20,21). The molecule has 1 saturated carbocycles. The fourth-order valence-corrected chi connectivity index (χ4v) is 5.48. The van der Waals surface area contributed by atoms with Crippen molar-refractivity contribution in [1.29, 1.82) is 0 Å². The highest BCUT2D eigenvalue weighted by atomic mass is 32.2. The summed E-state index contributed by atoms with van der Waals surface area (Å²) in [6, 6.07) is 0.142. The molecular formula is C9H13B10N2O3S. The largest absolute Gasteiger partial charge is 0.460 e. The predicted octanol–water partition coefficient (Wildman–Crippen LogP) is -3.48. The summed E-state index contributed by atoms with van der Waals surface area (Å²) in [7, 11) is 14.7. The fraction of sp³-hybridized carbons (Fsp3) is 0.889. The van der Waals surface area contributed by atoms with Gasteiger partial charge in [-0.15, -0.1) is 0 Å². The molecule has 0 amide bonds. The monoisotopic (exact) mass is 339 g/mol. The van der Waals surface area contributed by atoms with E-state index >= 15 is 0 Å². The lowest BCUT2D eigenvalue weighted by molar-refractivity contribution is 0.131. The van der Waals surface area contributed by atoms with Crippen molar-refractivity contribution in [1.82, 2.24) is 4.72 Å². The van der Waals surface area contributed by atoms with Gasteiger partial charge in [0.05, 0.1) is 20.8 Å². The summed E-state index contributed by atoms with van der Waals surface area (Å²) >= 11 is 0. The van der Waals surface area contributed by atoms with Crippen molar-refractivity contribution in [2.24, 2.45) is 4.99 Å². The molecule has 5 rings (SSSR count). The molecule has 5 aliphatic rings. The Morgan fingerprint density at radius 1 is 1.12 bits per heavy atom. The summed E-state index contributed by atoms with van der Waals surface area (Å²) in [6.07, 6.45) is 3.91. The molecule has 3 atom stereocenters. The van der Waals surface area contributed by atoms with Crippen molar-refractivity contribution >= 4 is 86.3 Å². The molecule has 4 aliphatic heterocycles. The van der Waals surface area contributed by atoms with Gasteiger partial charge in [0.15, 0.2) is 0 Å². The van der Waals surface area contributed by atoms with Gasteiger partial charge in [0.2, 0.25) is 10.0 Å². The third-order valence-corrected chi connectivity index (χ3v) is 7.00. The average Bonchev–Trinajstić information content (AvgIpc) is 2.61. The fourth-order valence-electron chi connectivity index (χ4n) is 3.92. The highest BCUT2D eigenvalue weighted by Gasteiger charge is 2.47. The van der Waals surface area contributed by atoms with Gasteiger partial charge in [0.25, 0.3) is 6.02 Å². The van der Waals surface area contributed by atoms with Crippen molar-refractivity contribution in [2.75, 3.05) is 0 Å². The maximum atomic E-state index is 12.5. The first kappa shape index (κ1) is 18.2. The van der Waals surface area contributed by atoms with Crippen LogP contribution in [0.3, 0.4) is 0 Å². The van der Waals surface area contributed by atoms with E-state index in [9.17, 15) is 8.42 Å². The molecule has 5 nitrogen and oxygen atoms in total. The minimum atomic E-state index is -3.41. The first-order valence-electron chi connectivity index (χ1n) is 8.90. The Balaban J connectivity index is 1.50. The van der Waals surface area contributed by atoms with Crippen LogP contribution in [0.5, 0.6) is 0 Å². The smallest absolute Gasteiger partial charge is 0.297 e. The van der Waals surface area contributed by atoms with Gasteiger partial charge in [-0.25, -0.2) is 18.1 Å². The molecule has 0 aromatic carbocycles. The van der Waals surface area contributed by atoms with E-state index < -0.39 is 20.6 Å². The quantitative estimate of drug-likeness (QED) is 0.505. The molecular weight excluding hydrogens is 324 g/mol. The lowest BCUT2D eigenvalue weighted by atomic mass is 8.79. The van der Waals surface area contributed by atoms with Crippen LogP contribution < -0.4 is 4.72 Å². The van der Waals surface area contributed by atoms with Gasteiger partial charge in [0, 0.05) is 49.4 Å². The van der Waals surface area contributed by atoms with Crippen LogP contribution in [0.4, 0.5) is 0 Å². The number of sulfonamides is 1. The van der Waals surface area contributed by atoms with Crippen LogP contribution in [-0.4, -0.2) is 101 Å². The van der Waals surface area contributed by atoms with Crippen LogP contribution in [0.1, 0.15) is 25.7 Å². The molecule has 1 aliphatic carbocycles. The first-order valence-corrected chi connectivity index (χ1v) is 10.4. The lowest BCUT2D eigenvalue weighted by Gasteiger charge is -2.45. The number of fused-ring (bicyclic) bond motifs is 8. The summed E-state index contributed by atoms with van der Waals surface area (Å²) < 4.78 is 33.5. The van der Waals surface area contributed by atoms with Crippen LogP contribution in [-0.2, 0) is 14.8 Å². The summed E-state index contributed by atoms with van der Waals surface area (Å²) in [6.45, 7) is 0.333. The zero-order chi connectivity index (χ0) is 17.3. The molecule has 5 fully saturated rings. The summed E-state index contributed by atoms with van der Waals surface area (Å²) in [4.78, 5) is 4.66. The van der Waals surface area contributed by atoms with Crippen LogP contribution in [0.25, 0.3) is 0 Å². The lowest BCUT2D eigenvalue weighted by Crippen LogP contribution is -2.67. The second-order valence-electron chi connectivity index (χ2n) is 7.08. The second-order valence-corrected chi connectivity index (χ2v) is 8.98. The topological polar surface area (TPSA) is 67.8 Å². The molecule has 0 aromatic heterocycles. The van der Waals surface area contributed by atoms with E-state index in [4.69, 9.17) is 4.74 Å². The van der Waals surface area contributed by atoms with Crippen LogP contribution in [0.15, 0.2) is 4.99 Å². The third-order valence-electron chi connectivity index (χ3n) is 5.21. The molecule has 0 spiro atoms. The number of amidine groups is 1. The molecule has 1 N–H and O–H groups in total. The van der Waals surface area contributed by atoms with E-state index in [0.29, 0.717) is 12.9 Å². The average molecular weight is 337 g/mol. The SMILES string of the molecule is O=S1(=O)NC(=NC23[B][B][B][B][B][B][B][B]B([B]2)C3)OC2CCCCC21. The minimum Gasteiger partial charge on any atom is -0.460 e. The molecule has 0 aromatic rings. The number of rotatable bonds is 1. The Morgan fingerprint density at radius 2 is 1.84 bits per heavy atom. The third kappa shape index (κ3) is 4.08. The molecule has 3 unspecified atom stereocenters. The zero-order valence-electron chi connectivity index (χ0n) is 14.0. The van der Waals surface area contributed by atoms with Crippen molar-refractivity contribution in [3.8, 4) is 0 Å². The van der Waals surface area contributed by atoms with Crippen LogP contribution >= 0.6 is 0 Å². The second kappa shape index (κ2) is 7.47. The maximum Gasteiger partial charge on any atom is 0.297 e. The predicted molar refractivity (Wildman–Crippen MR) is 112 cm³/mol. The zero-order valence-corrected chi connectivity index (χ0v) is 14.9. The van der Waals surface area contributed by atoms with Crippen molar-refractivity contribution in [3.63, 3.8) is 0 Å². The Labute approximate surface area is 158 Å². The summed E-state index contributed by atoms with van der Waals surface area (Å²) in [5.74, 6) is 0. The van der Waals surface area contributed by atoms with Gasteiger partial charge in [-0.1, -0.05) is 12.7 Å². The van der Waals surface area contributed by atoms with Crippen molar-refractivity contribution in [3.05, 3.63) is 0 Å². The highest BCUT2D eigenvalue weighted by Crippen LogP contribution is 2.32. The van der Waals surface area contributed by atoms with Gasteiger partial charge < -0.3 is 4.74 Å². The highest BCUT2D eigenvalue weighted by molar-refractivity contribution is 7.90. The van der Waals surface area contributed by atoms with E-state index in [2.05, 4.69) is 23.9 Å². The van der Waals surface area contributed by atoms with E-state index in [1.54, 1.807) is 0 Å². The van der Waals surface area contributed by atoms with Gasteiger partial charge in [0.1, 0.15) is 11.4 Å². The van der Waals surface area contributed by atoms with Crippen LogP contribution in [0.2, 0.25) is 6.32 Å². The van der Waals surface area contributed by atoms with Crippen LogP contribution in [0, 0.1) is 0 Å². The van der Waals surface area contributed by atoms with Crippen molar-refractivity contribution < 1.29 is 13.2 Å². The number of nitrogens with zero attached hydrogens (tertiary/aromatic N) is 1. The number of hydrogen-bond acceptors (Lipinski definition) is 4. The number of ether oxygens (including phenoxy) is 1. The molecule has 25 heavy (non-hydrogen) atoms. The molecule has 113 valence electrons. The van der Waals surface area contributed by atoms with E-state index in [1.807, 2.05) is 49.5 Å². The van der Waals surface area contributed by atoms with Gasteiger partial charge >= 0.3 is 0 Å². The van der Waals surface area contributed by atoms with E-state index in [1.165, 1.54) is 0 Å². The number of hydrogen-bond donors (Lipinski definition) is 1. The normalized spacial score (nSPS) is 37.1. The molecule has 2 bridgehead atoms. The molecule has 16 heteroatoms. The van der Waals surface area contributed by atoms with E-state index in [-0.39, 0.29) is 12.1 Å². The Bertz CT molecular complexity index is 624. The number of aliphatic imine (C=N–C) groups is 1. The number of nitrogens with one attached hydrogen (secondary N) is 1. The molecule has 4 heterocycles. The van der Waals surface area contributed by atoms with Gasteiger partial charge in [-0.3, -0.25) is 0 Å². The van der Waals surface area contributed by atoms with E-state index in [0.717, 1.165) is 25.6 Å². The Kier molecular flexibility index (Phi) is 5.45. The Morgan fingerprint density at radius 3 is 2.68 bits per heavy atom. The molecule has 9 radical (unpaired) electrons. The maximum absolute atomic E-state index is 12.5. The Hall–Kier alpha value is -0.131. The van der Waals surface area contributed by atoms with Gasteiger partial charge in [-0.05, 0) is 24.6 Å². The van der Waals surface area contributed by atoms with Gasteiger partial charge in [-0.2, -0.15) is 0 Å². The summed E-state index contributed by atoms with van der Waals surface area (Å²) in [5, 5.41) is -0.959. The first-order chi connectivity index (χ1) is 12.1.